The van der Waals surface area contributed by atoms with Crippen molar-refractivity contribution >= 4 is 32.4 Å². The van der Waals surface area contributed by atoms with Crippen molar-refractivity contribution in [2.75, 3.05) is 4.72 Å². The molecule has 1 heterocycles. The second kappa shape index (κ2) is 8.30. The number of anilines is 1. The molecule has 2 aromatic carbocycles. The first-order valence-corrected chi connectivity index (χ1v) is 11.1. The van der Waals surface area contributed by atoms with E-state index in [1.165, 1.54) is 12.1 Å². The van der Waals surface area contributed by atoms with Gasteiger partial charge in [-0.3, -0.25) is 9.52 Å². The summed E-state index contributed by atoms with van der Waals surface area (Å²) < 4.78 is 40.8. The van der Waals surface area contributed by atoms with E-state index in [1.54, 1.807) is 44.2 Å². The van der Waals surface area contributed by atoms with Crippen LogP contribution in [0, 0.1) is 26.6 Å². The number of rotatable bonds is 6. The minimum absolute atomic E-state index is 0.120. The first-order chi connectivity index (χ1) is 13.7. The molecule has 6 nitrogen and oxygen atoms in total. The van der Waals surface area contributed by atoms with E-state index in [9.17, 15) is 17.6 Å². The molecule has 3 rings (SSSR count). The van der Waals surface area contributed by atoms with Crippen LogP contribution in [-0.2, 0) is 16.6 Å². The number of hydrogen-bond acceptors (Lipinski definition) is 5. The van der Waals surface area contributed by atoms with Crippen LogP contribution in [0.4, 0.5) is 9.52 Å². The van der Waals surface area contributed by atoms with Gasteiger partial charge >= 0.3 is 0 Å². The lowest BCUT2D eigenvalue weighted by molar-refractivity contribution is 0.0954. The van der Waals surface area contributed by atoms with E-state index in [0.717, 1.165) is 22.5 Å². The van der Waals surface area contributed by atoms with E-state index < -0.39 is 10.0 Å². The molecule has 3 aromatic rings. The number of nitrogens with zero attached hydrogens (tertiary/aromatic N) is 1. The summed E-state index contributed by atoms with van der Waals surface area (Å²) in [6.07, 6.45) is 0. The van der Waals surface area contributed by atoms with Crippen molar-refractivity contribution in [1.29, 1.82) is 0 Å². The summed E-state index contributed by atoms with van der Waals surface area (Å²) >= 11 is 0.962. The summed E-state index contributed by atoms with van der Waals surface area (Å²) in [7, 11) is -3.82. The monoisotopic (exact) mass is 433 g/mol. The summed E-state index contributed by atoms with van der Waals surface area (Å²) in [6.45, 7) is 5.47. The van der Waals surface area contributed by atoms with E-state index >= 15 is 0 Å². The standard InChI is InChI=1S/C20H20FN3O3S2/c1-12-4-9-17(13(2)10-12)29(26,27)24-20-23-14(3)18(28-20)19(25)22-11-15-5-7-16(21)8-6-15/h4-10H,11H2,1-3H3,(H,22,25)(H,23,24). The van der Waals surface area contributed by atoms with Gasteiger partial charge < -0.3 is 5.32 Å². The van der Waals surface area contributed by atoms with Gasteiger partial charge in [-0.2, -0.15) is 0 Å². The lowest BCUT2D eigenvalue weighted by atomic mass is 10.2. The molecule has 0 aliphatic carbocycles. The number of aromatic nitrogens is 1. The van der Waals surface area contributed by atoms with Crippen LogP contribution >= 0.6 is 11.3 Å². The molecule has 1 amide bonds. The number of halogens is 1. The third kappa shape index (κ3) is 4.99. The number of thiazole rings is 1. The lowest BCUT2D eigenvalue weighted by Crippen LogP contribution is -2.22. The molecule has 0 unspecified atom stereocenters. The zero-order chi connectivity index (χ0) is 21.2. The van der Waals surface area contributed by atoms with E-state index in [1.807, 2.05) is 6.92 Å². The van der Waals surface area contributed by atoms with E-state index in [-0.39, 0.29) is 28.3 Å². The third-order valence-electron chi connectivity index (χ3n) is 4.21. The van der Waals surface area contributed by atoms with Gasteiger partial charge in [0.2, 0.25) is 0 Å². The van der Waals surface area contributed by atoms with Crippen LogP contribution in [0.3, 0.4) is 0 Å². The van der Waals surface area contributed by atoms with Crippen molar-refractivity contribution in [2.24, 2.45) is 0 Å². The minimum atomic E-state index is -3.82. The van der Waals surface area contributed by atoms with Crippen molar-refractivity contribution in [3.63, 3.8) is 0 Å². The Bertz CT molecular complexity index is 1160. The molecule has 0 aliphatic heterocycles. The Kier molecular flexibility index (Phi) is 5.99. The van der Waals surface area contributed by atoms with Gasteiger partial charge in [0.05, 0.1) is 10.6 Å². The smallest absolute Gasteiger partial charge is 0.263 e. The maximum Gasteiger partial charge on any atom is 0.263 e. The van der Waals surface area contributed by atoms with Crippen molar-refractivity contribution in [3.8, 4) is 0 Å². The zero-order valence-electron chi connectivity index (χ0n) is 16.1. The molecule has 0 saturated heterocycles. The Morgan fingerprint density at radius 2 is 1.79 bits per heavy atom. The van der Waals surface area contributed by atoms with E-state index in [2.05, 4.69) is 15.0 Å². The van der Waals surface area contributed by atoms with Crippen molar-refractivity contribution in [3.05, 3.63) is 75.5 Å². The van der Waals surface area contributed by atoms with Gasteiger partial charge in [0.1, 0.15) is 10.7 Å². The Morgan fingerprint density at radius 3 is 2.45 bits per heavy atom. The number of benzene rings is 2. The molecule has 0 atom stereocenters. The average Bonchev–Trinajstić information content (AvgIpc) is 3.00. The first-order valence-electron chi connectivity index (χ1n) is 8.76. The number of aryl methyl sites for hydroxylation is 3. The van der Waals surface area contributed by atoms with Crippen LogP contribution in [-0.4, -0.2) is 19.3 Å². The summed E-state index contributed by atoms with van der Waals surface area (Å²) in [5.41, 5.74) is 2.76. The molecule has 1 aromatic heterocycles. The van der Waals surface area contributed by atoms with E-state index in [4.69, 9.17) is 0 Å². The van der Waals surface area contributed by atoms with Gasteiger partial charge in [-0.25, -0.2) is 17.8 Å². The van der Waals surface area contributed by atoms with Crippen LogP contribution in [0.5, 0.6) is 0 Å². The third-order valence-corrected chi connectivity index (χ3v) is 6.91. The molecular formula is C20H20FN3O3S2. The second-order valence-electron chi connectivity index (χ2n) is 6.62. The Hall–Kier alpha value is -2.78. The molecule has 0 spiro atoms. The molecular weight excluding hydrogens is 413 g/mol. The quantitative estimate of drug-likeness (QED) is 0.616. The Balaban J connectivity index is 1.73. The molecule has 29 heavy (non-hydrogen) atoms. The SMILES string of the molecule is Cc1ccc(S(=O)(=O)Nc2nc(C)c(C(=O)NCc3ccc(F)cc3)s2)c(C)c1. The Labute approximate surface area is 172 Å². The minimum Gasteiger partial charge on any atom is -0.347 e. The molecule has 2 N–H and O–H groups in total. The largest absolute Gasteiger partial charge is 0.347 e. The van der Waals surface area contributed by atoms with Gasteiger partial charge in [0.15, 0.2) is 5.13 Å². The topological polar surface area (TPSA) is 88.2 Å². The summed E-state index contributed by atoms with van der Waals surface area (Å²) in [5.74, 6) is -0.722. The Morgan fingerprint density at radius 1 is 1.10 bits per heavy atom. The fourth-order valence-corrected chi connectivity index (χ4v) is 5.13. The highest BCUT2D eigenvalue weighted by molar-refractivity contribution is 7.93. The van der Waals surface area contributed by atoms with Crippen LogP contribution < -0.4 is 10.0 Å². The van der Waals surface area contributed by atoms with Gasteiger partial charge in [-0.15, -0.1) is 0 Å². The molecule has 0 radical (unpaired) electrons. The van der Waals surface area contributed by atoms with Crippen LogP contribution in [0.1, 0.15) is 32.1 Å². The highest BCUT2D eigenvalue weighted by Gasteiger charge is 2.21. The van der Waals surface area contributed by atoms with E-state index in [0.29, 0.717) is 16.1 Å². The average molecular weight is 434 g/mol. The molecule has 152 valence electrons. The number of hydrogen-bond donors (Lipinski definition) is 2. The van der Waals surface area contributed by atoms with Gasteiger partial charge in [0.25, 0.3) is 15.9 Å². The summed E-state index contributed by atoms with van der Waals surface area (Å²) in [4.78, 5) is 17.1. The van der Waals surface area contributed by atoms with Crippen LogP contribution in [0.2, 0.25) is 0 Å². The fraction of sp³-hybridized carbons (Fsp3) is 0.200. The zero-order valence-corrected chi connectivity index (χ0v) is 17.7. The predicted molar refractivity (Wildman–Crippen MR) is 111 cm³/mol. The molecule has 9 heteroatoms. The highest BCUT2D eigenvalue weighted by atomic mass is 32.2. The van der Waals surface area contributed by atoms with Crippen LogP contribution in [0.25, 0.3) is 0 Å². The molecule has 0 fully saturated rings. The predicted octanol–water partition coefficient (Wildman–Crippen LogP) is 3.94. The number of amides is 1. The normalized spacial score (nSPS) is 11.3. The van der Waals surface area contributed by atoms with Gasteiger partial charge in [-0.1, -0.05) is 41.2 Å². The molecule has 0 saturated carbocycles. The second-order valence-corrected chi connectivity index (χ2v) is 9.27. The number of nitrogens with one attached hydrogen (secondary N) is 2. The number of sulfonamides is 1. The van der Waals surface area contributed by atoms with Gasteiger partial charge in [0, 0.05) is 6.54 Å². The lowest BCUT2D eigenvalue weighted by Gasteiger charge is -2.08. The van der Waals surface area contributed by atoms with Crippen molar-refractivity contribution < 1.29 is 17.6 Å². The van der Waals surface area contributed by atoms with Gasteiger partial charge in [-0.05, 0) is 50.1 Å². The van der Waals surface area contributed by atoms with Crippen LogP contribution in [0.15, 0.2) is 47.4 Å². The maximum atomic E-state index is 13.0. The highest BCUT2D eigenvalue weighted by Crippen LogP contribution is 2.26. The fourth-order valence-electron chi connectivity index (χ4n) is 2.79. The maximum absolute atomic E-state index is 13.0. The summed E-state index contributed by atoms with van der Waals surface area (Å²) in [6, 6.07) is 10.9. The summed E-state index contributed by atoms with van der Waals surface area (Å²) in [5, 5.41) is 2.85. The first kappa shape index (κ1) is 20.9. The van der Waals surface area contributed by atoms with Crippen molar-refractivity contribution in [1.82, 2.24) is 10.3 Å². The number of carbonyl (C=O) groups is 1. The number of carbonyl (C=O) groups excluding carboxylic acids is 1. The molecule has 0 bridgehead atoms. The molecule has 0 aliphatic rings. The van der Waals surface area contributed by atoms with Crippen molar-refractivity contribution in [2.45, 2.75) is 32.2 Å².